The number of ether oxygens (including phenoxy) is 1. The Morgan fingerprint density at radius 3 is 2.33 bits per heavy atom. The summed E-state index contributed by atoms with van der Waals surface area (Å²) in [5.74, 6) is -1.27. The molecule has 2 aromatic carbocycles. The maximum Gasteiger partial charge on any atom is 0.339 e. The van der Waals surface area contributed by atoms with Gasteiger partial charge in [0.05, 0.1) is 10.5 Å². The highest BCUT2D eigenvalue weighted by atomic mass is 35.5. The van der Waals surface area contributed by atoms with Gasteiger partial charge in [0.1, 0.15) is 5.69 Å². The number of carbonyl (C=O) groups is 2. The van der Waals surface area contributed by atoms with Crippen LogP contribution in [0.5, 0.6) is 0 Å². The topological polar surface area (TPSA) is 113 Å². The predicted molar refractivity (Wildman–Crippen MR) is 88.2 cm³/mol. The van der Waals surface area contributed by atoms with Gasteiger partial charge >= 0.3 is 5.97 Å². The number of benzene rings is 2. The fourth-order valence-electron chi connectivity index (χ4n) is 1.96. The summed E-state index contributed by atoms with van der Waals surface area (Å²) in [6.45, 7) is 1.42. The number of carbonyl (C=O) groups excluding carboxylic acids is 2. The summed E-state index contributed by atoms with van der Waals surface area (Å²) in [5.41, 5.74) is 5.27. The standard InChI is InChI=1S/C16H13ClN2O5/c1-9(15(20)10-2-5-12(17)6-3-10)24-16(21)11-4-7-13(18)14(8-11)19(22)23/h2-9H,18H2,1H3/t9-/m1/s1. The molecule has 0 radical (unpaired) electrons. The molecule has 0 aliphatic heterocycles. The van der Waals surface area contributed by atoms with E-state index in [1.54, 1.807) is 12.1 Å². The molecule has 0 saturated heterocycles. The Labute approximate surface area is 142 Å². The van der Waals surface area contributed by atoms with E-state index >= 15 is 0 Å². The Morgan fingerprint density at radius 1 is 1.17 bits per heavy atom. The molecule has 8 heteroatoms. The van der Waals surface area contributed by atoms with Crippen LogP contribution >= 0.6 is 11.6 Å². The molecule has 0 aliphatic rings. The number of esters is 1. The fraction of sp³-hybridized carbons (Fsp3) is 0.125. The van der Waals surface area contributed by atoms with Gasteiger partial charge in [0, 0.05) is 16.7 Å². The van der Waals surface area contributed by atoms with Crippen LogP contribution in [0.25, 0.3) is 0 Å². The number of nitro groups is 1. The normalized spacial score (nSPS) is 11.6. The van der Waals surface area contributed by atoms with Crippen molar-refractivity contribution < 1.29 is 19.2 Å². The zero-order chi connectivity index (χ0) is 17.9. The van der Waals surface area contributed by atoms with E-state index in [1.807, 2.05) is 0 Å². The quantitative estimate of drug-likeness (QED) is 0.292. The van der Waals surface area contributed by atoms with Crippen LogP contribution in [0.3, 0.4) is 0 Å². The molecule has 24 heavy (non-hydrogen) atoms. The number of ketones is 1. The predicted octanol–water partition coefficient (Wildman–Crippen LogP) is 3.26. The molecule has 0 aliphatic carbocycles. The minimum atomic E-state index is -1.06. The van der Waals surface area contributed by atoms with Crippen LogP contribution in [0.2, 0.25) is 5.02 Å². The Kier molecular flexibility index (Phi) is 5.15. The molecule has 0 unspecified atom stereocenters. The van der Waals surface area contributed by atoms with Crippen molar-refractivity contribution in [2.75, 3.05) is 5.73 Å². The summed E-state index contributed by atoms with van der Waals surface area (Å²) < 4.78 is 5.07. The summed E-state index contributed by atoms with van der Waals surface area (Å²) in [6.07, 6.45) is -1.06. The lowest BCUT2D eigenvalue weighted by Crippen LogP contribution is -2.24. The summed E-state index contributed by atoms with van der Waals surface area (Å²) >= 11 is 5.75. The lowest BCUT2D eigenvalue weighted by atomic mass is 10.1. The molecular formula is C16H13ClN2O5. The molecular weight excluding hydrogens is 336 g/mol. The highest BCUT2D eigenvalue weighted by Crippen LogP contribution is 2.23. The molecule has 0 fully saturated rings. The first kappa shape index (κ1) is 17.4. The van der Waals surface area contributed by atoms with E-state index in [9.17, 15) is 19.7 Å². The summed E-state index contributed by atoms with van der Waals surface area (Å²) in [5, 5.41) is 11.3. The van der Waals surface area contributed by atoms with Crippen LogP contribution < -0.4 is 5.73 Å². The third-order valence-corrected chi connectivity index (χ3v) is 3.50. The molecule has 0 amide bonds. The van der Waals surface area contributed by atoms with Crippen molar-refractivity contribution >= 4 is 34.7 Å². The summed E-state index contributed by atoms with van der Waals surface area (Å²) in [4.78, 5) is 34.4. The SMILES string of the molecule is C[C@@H](OC(=O)c1ccc(N)c([N+](=O)[O-])c1)C(=O)c1ccc(Cl)cc1. The lowest BCUT2D eigenvalue weighted by molar-refractivity contribution is -0.383. The Bertz CT molecular complexity index is 805. The van der Waals surface area contributed by atoms with E-state index in [0.717, 1.165) is 6.07 Å². The minimum Gasteiger partial charge on any atom is -0.451 e. The maximum absolute atomic E-state index is 12.2. The molecule has 0 heterocycles. The van der Waals surface area contributed by atoms with Crippen molar-refractivity contribution in [2.45, 2.75) is 13.0 Å². The summed E-state index contributed by atoms with van der Waals surface area (Å²) in [6, 6.07) is 9.67. The number of nitrogens with zero attached hydrogens (tertiary/aromatic N) is 1. The smallest absolute Gasteiger partial charge is 0.339 e. The Morgan fingerprint density at radius 2 is 1.75 bits per heavy atom. The van der Waals surface area contributed by atoms with Crippen LogP contribution in [0.4, 0.5) is 11.4 Å². The lowest BCUT2D eigenvalue weighted by Gasteiger charge is -2.12. The molecule has 2 N–H and O–H groups in total. The zero-order valence-electron chi connectivity index (χ0n) is 12.6. The molecule has 0 saturated carbocycles. The van der Waals surface area contributed by atoms with Crippen molar-refractivity contribution in [1.29, 1.82) is 0 Å². The molecule has 2 rings (SSSR count). The third kappa shape index (κ3) is 3.88. The first-order valence-corrected chi connectivity index (χ1v) is 7.22. The molecule has 2 aromatic rings. The van der Waals surface area contributed by atoms with Gasteiger partial charge in [-0.2, -0.15) is 0 Å². The van der Waals surface area contributed by atoms with Crippen LogP contribution in [0.15, 0.2) is 42.5 Å². The van der Waals surface area contributed by atoms with E-state index in [1.165, 1.54) is 31.2 Å². The fourth-order valence-corrected chi connectivity index (χ4v) is 2.09. The van der Waals surface area contributed by atoms with E-state index in [-0.39, 0.29) is 11.3 Å². The number of hydrogen-bond acceptors (Lipinski definition) is 6. The van der Waals surface area contributed by atoms with Crippen molar-refractivity contribution in [1.82, 2.24) is 0 Å². The number of anilines is 1. The molecule has 0 spiro atoms. The zero-order valence-corrected chi connectivity index (χ0v) is 13.3. The van der Waals surface area contributed by atoms with Gasteiger partial charge in [-0.15, -0.1) is 0 Å². The second kappa shape index (κ2) is 7.10. The Hall–Kier alpha value is -2.93. The maximum atomic E-state index is 12.2. The van der Waals surface area contributed by atoms with Crippen LogP contribution in [0, 0.1) is 10.1 Å². The van der Waals surface area contributed by atoms with E-state index in [4.69, 9.17) is 22.1 Å². The van der Waals surface area contributed by atoms with Gasteiger partial charge in [-0.05, 0) is 43.3 Å². The average molecular weight is 349 g/mol. The van der Waals surface area contributed by atoms with E-state index in [0.29, 0.717) is 10.6 Å². The monoisotopic (exact) mass is 348 g/mol. The second-order valence-corrected chi connectivity index (χ2v) is 5.39. The molecule has 0 aromatic heterocycles. The highest BCUT2D eigenvalue weighted by molar-refractivity contribution is 6.30. The van der Waals surface area contributed by atoms with Gasteiger partial charge < -0.3 is 10.5 Å². The minimum absolute atomic E-state index is 0.0633. The highest BCUT2D eigenvalue weighted by Gasteiger charge is 2.22. The van der Waals surface area contributed by atoms with Crippen molar-refractivity contribution in [2.24, 2.45) is 0 Å². The molecule has 0 bridgehead atoms. The number of nitro benzene ring substituents is 1. The van der Waals surface area contributed by atoms with Crippen molar-refractivity contribution in [3.8, 4) is 0 Å². The first-order valence-electron chi connectivity index (χ1n) is 6.84. The number of rotatable bonds is 5. The third-order valence-electron chi connectivity index (χ3n) is 3.24. The van der Waals surface area contributed by atoms with Gasteiger partial charge in [0.25, 0.3) is 5.69 Å². The number of hydrogen-bond donors (Lipinski definition) is 1. The number of nitrogens with two attached hydrogens (primary N) is 1. The van der Waals surface area contributed by atoms with Gasteiger partial charge in [-0.25, -0.2) is 4.79 Å². The van der Waals surface area contributed by atoms with Gasteiger partial charge in [0.15, 0.2) is 6.10 Å². The van der Waals surface area contributed by atoms with Crippen molar-refractivity contribution in [3.05, 3.63) is 68.7 Å². The average Bonchev–Trinajstić information content (AvgIpc) is 2.54. The first-order chi connectivity index (χ1) is 11.3. The van der Waals surface area contributed by atoms with E-state index < -0.39 is 28.5 Å². The second-order valence-electron chi connectivity index (χ2n) is 4.95. The molecule has 124 valence electrons. The largest absolute Gasteiger partial charge is 0.451 e. The van der Waals surface area contributed by atoms with E-state index in [2.05, 4.69) is 0 Å². The molecule has 1 atom stereocenters. The Balaban J connectivity index is 2.14. The van der Waals surface area contributed by atoms with Gasteiger partial charge in [-0.3, -0.25) is 14.9 Å². The number of halogens is 1. The van der Waals surface area contributed by atoms with Gasteiger partial charge in [0.2, 0.25) is 5.78 Å². The number of nitrogen functional groups attached to an aromatic ring is 1. The van der Waals surface area contributed by atoms with Crippen LogP contribution in [-0.4, -0.2) is 22.8 Å². The van der Waals surface area contributed by atoms with Crippen LogP contribution in [0.1, 0.15) is 27.6 Å². The van der Waals surface area contributed by atoms with Crippen molar-refractivity contribution in [3.63, 3.8) is 0 Å². The molecule has 7 nitrogen and oxygen atoms in total. The van der Waals surface area contributed by atoms with Gasteiger partial charge in [-0.1, -0.05) is 11.6 Å². The van der Waals surface area contributed by atoms with Crippen LogP contribution in [-0.2, 0) is 4.74 Å². The summed E-state index contributed by atoms with van der Waals surface area (Å²) in [7, 11) is 0. The number of Topliss-reactive ketones (excluding diaryl/α,β-unsaturated/α-hetero) is 1.